The molecule has 0 aliphatic rings. The average Bonchev–Trinajstić information content (AvgIpc) is 1.27. The van der Waals surface area contributed by atoms with Crippen LogP contribution in [0.5, 0.6) is 0 Å². The molecular formula is C2HNO4-2. The van der Waals surface area contributed by atoms with Crippen LogP contribution in [0.15, 0.2) is 0 Å². The Hall–Kier alpha value is -1.26. The normalized spacial score (nSPS) is 7.43. The van der Waals surface area contributed by atoms with E-state index >= 15 is 0 Å². The van der Waals surface area contributed by atoms with Gasteiger partial charge in [-0.15, -0.1) is 0 Å². The van der Waals surface area contributed by atoms with E-state index in [0.29, 0.717) is 0 Å². The lowest BCUT2D eigenvalue weighted by molar-refractivity contribution is -0.380. The van der Waals surface area contributed by atoms with Crippen LogP contribution >= 0.6 is 0 Å². The second-order valence-electron chi connectivity index (χ2n) is 0.733. The van der Waals surface area contributed by atoms with Crippen LogP contribution in [0, 0.1) is 10.4 Å². The molecule has 0 amide bonds. The van der Waals surface area contributed by atoms with Crippen LogP contribution in [-0.2, 0) is 4.79 Å². The third-order valence-electron chi connectivity index (χ3n) is 0.211. The summed E-state index contributed by atoms with van der Waals surface area (Å²) in [7, 11) is 0. The first-order chi connectivity index (χ1) is 3.13. The van der Waals surface area contributed by atoms with E-state index in [0.717, 1.165) is 0 Å². The number of carboxylic acid groups (broad SMARTS) is 1. The molecule has 40 valence electrons. The molecule has 0 saturated carbocycles. The summed E-state index contributed by atoms with van der Waals surface area (Å²) in [4.78, 5) is 8.11. The molecule has 0 heterocycles. The minimum absolute atomic E-state index is 0.139. The highest BCUT2D eigenvalue weighted by molar-refractivity contribution is 6.18. The van der Waals surface area contributed by atoms with E-state index in [1.807, 2.05) is 0 Å². The summed E-state index contributed by atoms with van der Waals surface area (Å²) in [5, 5.41) is 27.5. The fourth-order valence-corrected chi connectivity index (χ4v) is 0.0861. The van der Waals surface area contributed by atoms with E-state index in [9.17, 15) is 9.90 Å². The fraction of sp³-hybridized carbons (Fsp3) is 0. The molecule has 0 aromatic heterocycles. The second-order valence-corrected chi connectivity index (χ2v) is 0.733. The molecule has 0 bridgehead atoms. The van der Waals surface area contributed by atoms with Crippen molar-refractivity contribution in [1.82, 2.24) is 0 Å². The molecule has 0 fully saturated rings. The van der Waals surface area contributed by atoms with Gasteiger partial charge in [0.15, 0.2) is 0 Å². The molecule has 5 heteroatoms. The summed E-state index contributed by atoms with van der Waals surface area (Å²) in [6.45, 7) is 0. The Morgan fingerprint density at radius 1 is 1.57 bits per heavy atom. The van der Waals surface area contributed by atoms with Gasteiger partial charge in [0.1, 0.15) is 5.97 Å². The minimum Gasteiger partial charge on any atom is -0.612 e. The number of carboxylic acids is 1. The van der Waals surface area contributed by atoms with Crippen LogP contribution in [0.1, 0.15) is 0 Å². The predicted molar refractivity (Wildman–Crippen MR) is 18.1 cm³/mol. The highest BCUT2D eigenvalue weighted by Crippen LogP contribution is 1.53. The lowest BCUT2D eigenvalue weighted by atomic mass is 10.8. The second kappa shape index (κ2) is 2.01. The zero-order chi connectivity index (χ0) is 5.86. The Labute approximate surface area is 38.7 Å². The quantitative estimate of drug-likeness (QED) is 0.214. The maximum atomic E-state index is 9.20. The van der Waals surface area contributed by atoms with E-state index in [1.54, 1.807) is 0 Å². The first kappa shape index (κ1) is 5.74. The number of rotatable bonds is 1. The molecule has 0 aliphatic carbocycles. The summed E-state index contributed by atoms with van der Waals surface area (Å²) in [6.07, 6.45) is -0.139. The Balaban J connectivity index is 3.68. The van der Waals surface area contributed by atoms with Gasteiger partial charge in [0.2, 0.25) is 6.21 Å². The molecule has 0 N–H and O–H groups in total. The zero-order valence-corrected chi connectivity index (χ0v) is 3.16. The van der Waals surface area contributed by atoms with Gasteiger partial charge in [0, 0.05) is 0 Å². The van der Waals surface area contributed by atoms with Gasteiger partial charge in [-0.2, -0.15) is 4.90 Å². The SMILES string of the molecule is O=C([O-])C=[N+]([O-])[O-]. The monoisotopic (exact) mass is 103 g/mol. The van der Waals surface area contributed by atoms with Crippen molar-refractivity contribution in [2.45, 2.75) is 0 Å². The van der Waals surface area contributed by atoms with Crippen molar-refractivity contribution in [3.05, 3.63) is 10.4 Å². The van der Waals surface area contributed by atoms with Gasteiger partial charge >= 0.3 is 0 Å². The Morgan fingerprint density at radius 2 is 2.00 bits per heavy atom. The van der Waals surface area contributed by atoms with Crippen molar-refractivity contribution in [2.75, 3.05) is 0 Å². The van der Waals surface area contributed by atoms with Crippen molar-refractivity contribution < 1.29 is 14.8 Å². The standard InChI is InChI=1S/C2H2NO4/c4-2(5)1-3(6)7/h1H,(H-,4,5,6,7)/q-1/p-1. The van der Waals surface area contributed by atoms with Crippen molar-refractivity contribution >= 4 is 12.2 Å². The highest BCUT2D eigenvalue weighted by atomic mass is 16.8. The Morgan fingerprint density at radius 3 is 2.00 bits per heavy atom. The average molecular weight is 103 g/mol. The third-order valence-corrected chi connectivity index (χ3v) is 0.211. The van der Waals surface area contributed by atoms with Gasteiger partial charge in [0.25, 0.3) is 0 Å². The number of carbonyl (C=O) groups is 1. The molecule has 0 radical (unpaired) electrons. The molecule has 0 aliphatic heterocycles. The van der Waals surface area contributed by atoms with E-state index in [4.69, 9.17) is 10.4 Å². The van der Waals surface area contributed by atoms with Crippen LogP contribution in [-0.4, -0.2) is 17.1 Å². The van der Waals surface area contributed by atoms with Crippen LogP contribution in [0.2, 0.25) is 0 Å². The molecule has 5 nitrogen and oxygen atoms in total. The van der Waals surface area contributed by atoms with E-state index in [-0.39, 0.29) is 6.21 Å². The van der Waals surface area contributed by atoms with Gasteiger partial charge in [-0.3, -0.25) is 0 Å². The van der Waals surface area contributed by atoms with E-state index in [1.165, 1.54) is 0 Å². The van der Waals surface area contributed by atoms with Gasteiger partial charge in [-0.05, 0) is 0 Å². The largest absolute Gasteiger partial charge is 0.612 e. The maximum absolute atomic E-state index is 9.20. The van der Waals surface area contributed by atoms with Gasteiger partial charge < -0.3 is 20.3 Å². The summed E-state index contributed by atoms with van der Waals surface area (Å²) in [5.41, 5.74) is 0. The highest BCUT2D eigenvalue weighted by Gasteiger charge is 1.74. The van der Waals surface area contributed by atoms with Crippen LogP contribution < -0.4 is 5.11 Å². The number of hydrogen-bond acceptors (Lipinski definition) is 4. The number of aliphatic carboxylic acids is 1. The van der Waals surface area contributed by atoms with Crippen molar-refractivity contribution in [1.29, 1.82) is 0 Å². The molecule has 0 aromatic carbocycles. The molecule has 7 heavy (non-hydrogen) atoms. The van der Waals surface area contributed by atoms with Crippen LogP contribution in [0.25, 0.3) is 0 Å². The topological polar surface area (TPSA) is 89.3 Å². The lowest BCUT2D eigenvalue weighted by Gasteiger charge is -2.00. The molecule has 0 spiro atoms. The third kappa shape index (κ3) is 4.74. The number of carbonyl (C=O) groups excluding carboxylic acids is 1. The zero-order valence-electron chi connectivity index (χ0n) is 3.16. The molecule has 0 aromatic rings. The first-order valence-electron chi connectivity index (χ1n) is 1.32. The van der Waals surface area contributed by atoms with Crippen molar-refractivity contribution in [3.63, 3.8) is 0 Å². The smallest absolute Gasteiger partial charge is 0.209 e. The van der Waals surface area contributed by atoms with Gasteiger partial charge in [-0.1, -0.05) is 0 Å². The maximum Gasteiger partial charge on any atom is 0.209 e. The molecule has 0 atom stereocenters. The van der Waals surface area contributed by atoms with E-state index in [2.05, 4.69) is 0 Å². The van der Waals surface area contributed by atoms with Gasteiger partial charge in [0.05, 0.1) is 0 Å². The fourth-order valence-electron chi connectivity index (χ4n) is 0.0861. The molecular weight excluding hydrogens is 102 g/mol. The molecule has 0 unspecified atom stereocenters. The predicted octanol–water partition coefficient (Wildman–Crippen LogP) is -2.18. The summed E-state index contributed by atoms with van der Waals surface area (Å²) in [5.74, 6) is -1.79. The molecule has 0 saturated heterocycles. The van der Waals surface area contributed by atoms with Crippen LogP contribution in [0.4, 0.5) is 0 Å². The number of nitrogens with zero attached hydrogens (tertiary/aromatic N) is 1. The summed E-state index contributed by atoms with van der Waals surface area (Å²) >= 11 is 0. The Bertz CT molecular complexity index is 102. The Kier molecular flexibility index (Phi) is 1.65. The first-order valence-corrected chi connectivity index (χ1v) is 1.32. The summed E-state index contributed by atoms with van der Waals surface area (Å²) in [6, 6.07) is 0. The van der Waals surface area contributed by atoms with Crippen molar-refractivity contribution in [3.8, 4) is 0 Å². The lowest BCUT2D eigenvalue weighted by Crippen LogP contribution is -2.26. The van der Waals surface area contributed by atoms with Crippen LogP contribution in [0.3, 0.4) is 0 Å². The van der Waals surface area contributed by atoms with E-state index < -0.39 is 10.9 Å². The minimum atomic E-state index is -1.79. The number of hydrogen-bond donors (Lipinski definition) is 0. The molecule has 0 rings (SSSR count). The van der Waals surface area contributed by atoms with Gasteiger partial charge in [-0.25, -0.2) is 0 Å². The van der Waals surface area contributed by atoms with Crippen molar-refractivity contribution in [2.24, 2.45) is 0 Å². The summed E-state index contributed by atoms with van der Waals surface area (Å²) < 4.78 is 0.